The van der Waals surface area contributed by atoms with Crippen LogP contribution in [0.25, 0.3) is 0 Å². The lowest BCUT2D eigenvalue weighted by Crippen LogP contribution is -2.04. The van der Waals surface area contributed by atoms with Crippen molar-refractivity contribution < 1.29 is 4.74 Å². The maximum absolute atomic E-state index is 4.95. The van der Waals surface area contributed by atoms with E-state index in [9.17, 15) is 0 Å². The van der Waals surface area contributed by atoms with Gasteiger partial charge in [0.05, 0.1) is 18.8 Å². The third kappa shape index (κ3) is 2.66. The second-order valence-electron chi connectivity index (χ2n) is 2.81. The van der Waals surface area contributed by atoms with Gasteiger partial charge in [-0.25, -0.2) is 0 Å². The van der Waals surface area contributed by atoms with E-state index in [0.29, 0.717) is 0 Å². The smallest absolute Gasteiger partial charge is 0.0658 e. The molecule has 1 rings (SSSR count). The van der Waals surface area contributed by atoms with Crippen LogP contribution >= 0.6 is 0 Å². The van der Waals surface area contributed by atoms with Gasteiger partial charge >= 0.3 is 0 Å². The molecule has 0 saturated carbocycles. The summed E-state index contributed by atoms with van der Waals surface area (Å²) < 4.78 is 6.88. The van der Waals surface area contributed by atoms with Crippen molar-refractivity contribution in [3.63, 3.8) is 0 Å². The first-order valence-corrected chi connectivity index (χ1v) is 4.38. The quantitative estimate of drug-likeness (QED) is 0.666. The SMILES string of the molecule is CCCc1ccn(CCOC)n1. The minimum Gasteiger partial charge on any atom is -0.383 e. The molecule has 1 heterocycles. The minimum absolute atomic E-state index is 0.729. The van der Waals surface area contributed by atoms with Crippen molar-refractivity contribution in [2.45, 2.75) is 26.3 Å². The van der Waals surface area contributed by atoms with Gasteiger partial charge in [-0.2, -0.15) is 5.10 Å². The Morgan fingerprint density at radius 1 is 1.58 bits per heavy atom. The van der Waals surface area contributed by atoms with Crippen molar-refractivity contribution in [2.24, 2.45) is 0 Å². The number of hydrogen-bond donors (Lipinski definition) is 0. The molecule has 0 bridgehead atoms. The maximum Gasteiger partial charge on any atom is 0.0658 e. The Kier molecular flexibility index (Phi) is 3.80. The first kappa shape index (κ1) is 9.26. The highest BCUT2D eigenvalue weighted by molar-refractivity contribution is 4.98. The first-order valence-electron chi connectivity index (χ1n) is 4.38. The molecule has 0 N–H and O–H groups in total. The van der Waals surface area contributed by atoms with Crippen molar-refractivity contribution in [2.75, 3.05) is 13.7 Å². The maximum atomic E-state index is 4.95. The topological polar surface area (TPSA) is 27.1 Å². The molecule has 0 spiro atoms. The molecule has 0 aliphatic rings. The fraction of sp³-hybridized carbons (Fsp3) is 0.667. The van der Waals surface area contributed by atoms with Crippen molar-refractivity contribution >= 4 is 0 Å². The highest BCUT2D eigenvalue weighted by Crippen LogP contribution is 1.98. The van der Waals surface area contributed by atoms with Crippen molar-refractivity contribution in [1.82, 2.24) is 9.78 Å². The largest absolute Gasteiger partial charge is 0.383 e. The number of methoxy groups -OCH3 is 1. The summed E-state index contributed by atoms with van der Waals surface area (Å²) in [6, 6.07) is 2.07. The van der Waals surface area contributed by atoms with Gasteiger partial charge in [0.25, 0.3) is 0 Å². The van der Waals surface area contributed by atoms with E-state index < -0.39 is 0 Å². The summed E-state index contributed by atoms with van der Waals surface area (Å²) in [5.74, 6) is 0. The molecule has 1 aromatic rings. The monoisotopic (exact) mass is 168 g/mol. The highest BCUT2D eigenvalue weighted by Gasteiger charge is 1.96. The van der Waals surface area contributed by atoms with E-state index >= 15 is 0 Å². The molecule has 12 heavy (non-hydrogen) atoms. The molecule has 68 valence electrons. The lowest BCUT2D eigenvalue weighted by Gasteiger charge is -1.98. The number of nitrogens with zero attached hydrogens (tertiary/aromatic N) is 2. The van der Waals surface area contributed by atoms with Crippen LogP contribution in [0.5, 0.6) is 0 Å². The van der Waals surface area contributed by atoms with E-state index in [1.807, 2.05) is 10.9 Å². The fourth-order valence-corrected chi connectivity index (χ4v) is 1.10. The van der Waals surface area contributed by atoms with E-state index in [1.165, 1.54) is 5.69 Å². The molecule has 3 nitrogen and oxygen atoms in total. The zero-order chi connectivity index (χ0) is 8.81. The van der Waals surface area contributed by atoms with Gasteiger partial charge in [0, 0.05) is 13.3 Å². The Morgan fingerprint density at radius 2 is 2.42 bits per heavy atom. The molecule has 0 amide bonds. The minimum atomic E-state index is 0.729. The third-order valence-electron chi connectivity index (χ3n) is 1.73. The molecular formula is C9H16N2O. The third-order valence-corrected chi connectivity index (χ3v) is 1.73. The van der Waals surface area contributed by atoms with E-state index in [2.05, 4.69) is 18.1 Å². The predicted octanol–water partition coefficient (Wildman–Crippen LogP) is 1.48. The van der Waals surface area contributed by atoms with Gasteiger partial charge in [-0.3, -0.25) is 4.68 Å². The summed E-state index contributed by atoms with van der Waals surface area (Å²) >= 11 is 0. The van der Waals surface area contributed by atoms with E-state index in [-0.39, 0.29) is 0 Å². The number of rotatable bonds is 5. The second-order valence-corrected chi connectivity index (χ2v) is 2.81. The summed E-state index contributed by atoms with van der Waals surface area (Å²) in [7, 11) is 1.70. The zero-order valence-electron chi connectivity index (χ0n) is 7.79. The number of hydrogen-bond acceptors (Lipinski definition) is 2. The summed E-state index contributed by atoms with van der Waals surface area (Å²) in [6.45, 7) is 3.74. The second kappa shape index (κ2) is 4.93. The molecule has 0 fully saturated rings. The summed E-state index contributed by atoms with van der Waals surface area (Å²) in [5, 5.41) is 4.37. The Morgan fingerprint density at radius 3 is 3.08 bits per heavy atom. The zero-order valence-corrected chi connectivity index (χ0v) is 7.79. The lowest BCUT2D eigenvalue weighted by atomic mass is 10.3. The van der Waals surface area contributed by atoms with Crippen LogP contribution < -0.4 is 0 Å². The standard InChI is InChI=1S/C9H16N2O/c1-3-4-9-5-6-11(10-9)7-8-12-2/h5-6H,3-4,7-8H2,1-2H3. The van der Waals surface area contributed by atoms with Crippen LogP contribution in [0.2, 0.25) is 0 Å². The van der Waals surface area contributed by atoms with Crippen LogP contribution in [-0.2, 0) is 17.7 Å². The fourth-order valence-electron chi connectivity index (χ4n) is 1.10. The van der Waals surface area contributed by atoms with Gasteiger partial charge in [-0.05, 0) is 12.5 Å². The molecule has 0 aliphatic carbocycles. The van der Waals surface area contributed by atoms with Crippen LogP contribution in [0.15, 0.2) is 12.3 Å². The van der Waals surface area contributed by atoms with Gasteiger partial charge in [0.1, 0.15) is 0 Å². The van der Waals surface area contributed by atoms with Gasteiger partial charge in [0.2, 0.25) is 0 Å². The van der Waals surface area contributed by atoms with Crippen molar-refractivity contribution in [3.8, 4) is 0 Å². The molecule has 0 aliphatic heterocycles. The molecular weight excluding hydrogens is 152 g/mol. The molecule has 0 saturated heterocycles. The summed E-state index contributed by atoms with van der Waals surface area (Å²) in [5.41, 5.74) is 1.17. The van der Waals surface area contributed by atoms with Crippen molar-refractivity contribution in [3.05, 3.63) is 18.0 Å². The molecule has 0 unspecified atom stereocenters. The molecule has 0 aromatic carbocycles. The van der Waals surface area contributed by atoms with Crippen LogP contribution in [0.1, 0.15) is 19.0 Å². The summed E-state index contributed by atoms with van der Waals surface area (Å²) in [4.78, 5) is 0. The van der Waals surface area contributed by atoms with Gasteiger partial charge < -0.3 is 4.74 Å². The molecule has 3 heteroatoms. The van der Waals surface area contributed by atoms with E-state index in [4.69, 9.17) is 4.74 Å². The molecule has 0 radical (unpaired) electrons. The Bertz CT molecular complexity index is 220. The number of ether oxygens (including phenoxy) is 1. The van der Waals surface area contributed by atoms with Gasteiger partial charge in [0.15, 0.2) is 0 Å². The average Bonchev–Trinajstić information content (AvgIpc) is 2.50. The van der Waals surface area contributed by atoms with Crippen LogP contribution in [0.4, 0.5) is 0 Å². The molecule has 0 atom stereocenters. The number of aromatic nitrogens is 2. The van der Waals surface area contributed by atoms with Crippen LogP contribution in [0, 0.1) is 0 Å². The summed E-state index contributed by atoms with van der Waals surface area (Å²) in [6.07, 6.45) is 4.23. The Hall–Kier alpha value is -0.830. The van der Waals surface area contributed by atoms with Crippen LogP contribution in [0.3, 0.4) is 0 Å². The Balaban J connectivity index is 2.41. The van der Waals surface area contributed by atoms with Gasteiger partial charge in [-0.1, -0.05) is 13.3 Å². The molecule has 1 aromatic heterocycles. The highest BCUT2D eigenvalue weighted by atomic mass is 16.5. The average molecular weight is 168 g/mol. The van der Waals surface area contributed by atoms with Crippen LogP contribution in [-0.4, -0.2) is 23.5 Å². The van der Waals surface area contributed by atoms with Crippen molar-refractivity contribution in [1.29, 1.82) is 0 Å². The lowest BCUT2D eigenvalue weighted by molar-refractivity contribution is 0.183. The first-order chi connectivity index (χ1) is 5.86. The number of aryl methyl sites for hydroxylation is 1. The normalized spacial score (nSPS) is 10.5. The van der Waals surface area contributed by atoms with E-state index in [1.54, 1.807) is 7.11 Å². The van der Waals surface area contributed by atoms with E-state index in [0.717, 1.165) is 26.0 Å². The Labute approximate surface area is 73.3 Å². The predicted molar refractivity (Wildman–Crippen MR) is 48.1 cm³/mol. The van der Waals surface area contributed by atoms with Gasteiger partial charge in [-0.15, -0.1) is 0 Å².